The van der Waals surface area contributed by atoms with Gasteiger partial charge in [-0.3, -0.25) is 0 Å². The fourth-order valence-corrected chi connectivity index (χ4v) is 1.94. The summed E-state index contributed by atoms with van der Waals surface area (Å²) in [5.74, 6) is -1.22. The summed E-state index contributed by atoms with van der Waals surface area (Å²) in [6, 6.07) is 2.97. The Balaban J connectivity index is 2.53. The predicted molar refractivity (Wildman–Crippen MR) is 55.4 cm³/mol. The lowest BCUT2D eigenvalue weighted by Crippen LogP contribution is -2.11. The fraction of sp³-hybridized carbons (Fsp3) is 0.111. The highest BCUT2D eigenvalue weighted by Gasteiger charge is 2.35. The van der Waals surface area contributed by atoms with Gasteiger partial charge in [-0.05, 0) is 11.4 Å². The van der Waals surface area contributed by atoms with Crippen LogP contribution >= 0.6 is 22.9 Å². The van der Waals surface area contributed by atoms with E-state index in [0.717, 1.165) is 0 Å². The van der Waals surface area contributed by atoms with Crippen molar-refractivity contribution in [2.45, 2.75) is 6.18 Å². The molecule has 84 valence electrons. The van der Waals surface area contributed by atoms with Crippen LogP contribution in [-0.2, 0) is 6.18 Å². The molecule has 0 unspecified atom stereocenters. The zero-order valence-electron chi connectivity index (χ0n) is 7.62. The summed E-state index contributed by atoms with van der Waals surface area (Å²) in [7, 11) is 0. The van der Waals surface area contributed by atoms with Gasteiger partial charge in [0.25, 0.3) is 0 Å². The first-order valence-corrected chi connectivity index (χ1v) is 5.43. The zero-order valence-corrected chi connectivity index (χ0v) is 9.20. The third-order valence-corrected chi connectivity index (χ3v) is 2.64. The lowest BCUT2D eigenvalue weighted by molar-refractivity contribution is -0.144. The largest absolute Gasteiger partial charge is 0.451 e. The number of alkyl halides is 3. The number of halogens is 4. The molecule has 2 aromatic heterocycles. The number of aromatic nitrogens is 2. The third-order valence-electron chi connectivity index (χ3n) is 1.77. The molecule has 0 saturated carbocycles. The lowest BCUT2D eigenvalue weighted by atomic mass is 10.2. The molecule has 2 nitrogen and oxygen atoms in total. The Morgan fingerprint density at radius 3 is 2.56 bits per heavy atom. The van der Waals surface area contributed by atoms with Crippen molar-refractivity contribution in [2.75, 3.05) is 0 Å². The number of nitrogens with zero attached hydrogens (tertiary/aromatic N) is 2. The van der Waals surface area contributed by atoms with Gasteiger partial charge in [-0.25, -0.2) is 9.97 Å². The molecule has 0 N–H and O–H groups in total. The molecule has 7 heteroatoms. The van der Waals surface area contributed by atoms with Crippen LogP contribution < -0.4 is 0 Å². The van der Waals surface area contributed by atoms with Gasteiger partial charge in [0, 0.05) is 17.0 Å². The molecule has 0 aliphatic heterocycles. The minimum atomic E-state index is -4.59. The average Bonchev–Trinajstić information content (AvgIpc) is 2.68. The monoisotopic (exact) mass is 264 g/mol. The maximum atomic E-state index is 12.4. The summed E-state index contributed by atoms with van der Waals surface area (Å²) in [5, 5.41) is 3.22. The molecule has 0 fully saturated rings. The fourth-order valence-electron chi connectivity index (χ4n) is 1.10. The molecule has 0 radical (unpaired) electrons. The van der Waals surface area contributed by atoms with Gasteiger partial charge >= 0.3 is 6.18 Å². The second-order valence-electron chi connectivity index (χ2n) is 2.91. The van der Waals surface area contributed by atoms with Gasteiger partial charge < -0.3 is 0 Å². The maximum absolute atomic E-state index is 12.4. The second-order valence-corrected chi connectivity index (χ2v) is 4.08. The topological polar surface area (TPSA) is 25.8 Å². The molecule has 0 aliphatic rings. The first-order valence-electron chi connectivity index (χ1n) is 4.11. The SMILES string of the molecule is FC(F)(F)c1nc(Cl)cc(-c2ccsc2)n1. The molecule has 2 rings (SSSR count). The van der Waals surface area contributed by atoms with Crippen molar-refractivity contribution >= 4 is 22.9 Å². The van der Waals surface area contributed by atoms with E-state index in [9.17, 15) is 13.2 Å². The first-order chi connectivity index (χ1) is 7.47. The summed E-state index contributed by atoms with van der Waals surface area (Å²) >= 11 is 6.89. The van der Waals surface area contributed by atoms with Gasteiger partial charge in [-0.1, -0.05) is 11.6 Å². The zero-order chi connectivity index (χ0) is 11.8. The number of hydrogen-bond donors (Lipinski definition) is 0. The molecule has 0 atom stereocenters. The standard InChI is InChI=1S/C9H4ClF3N2S/c10-7-3-6(5-1-2-16-4-5)14-8(15-7)9(11,12)13/h1-4H. The van der Waals surface area contributed by atoms with E-state index >= 15 is 0 Å². The first kappa shape index (κ1) is 11.3. The van der Waals surface area contributed by atoms with E-state index in [1.165, 1.54) is 17.4 Å². The Kier molecular flexibility index (Phi) is 2.86. The van der Waals surface area contributed by atoms with E-state index in [1.54, 1.807) is 16.8 Å². The molecule has 16 heavy (non-hydrogen) atoms. The van der Waals surface area contributed by atoms with Crippen LogP contribution in [0.5, 0.6) is 0 Å². The van der Waals surface area contributed by atoms with E-state index in [2.05, 4.69) is 9.97 Å². The smallest absolute Gasteiger partial charge is 0.224 e. The number of rotatable bonds is 1. The molecule has 2 heterocycles. The normalized spacial score (nSPS) is 11.8. The van der Waals surface area contributed by atoms with Crippen LogP contribution in [0.2, 0.25) is 5.15 Å². The van der Waals surface area contributed by atoms with Gasteiger partial charge in [0.15, 0.2) is 0 Å². The minimum absolute atomic E-state index is 0.175. The lowest BCUT2D eigenvalue weighted by Gasteiger charge is -2.06. The van der Waals surface area contributed by atoms with Crippen molar-refractivity contribution in [3.63, 3.8) is 0 Å². The van der Waals surface area contributed by atoms with Crippen LogP contribution in [0.1, 0.15) is 5.82 Å². The van der Waals surface area contributed by atoms with Crippen LogP contribution in [-0.4, -0.2) is 9.97 Å². The minimum Gasteiger partial charge on any atom is -0.224 e. The van der Waals surface area contributed by atoms with Crippen LogP contribution in [0.3, 0.4) is 0 Å². The van der Waals surface area contributed by atoms with Gasteiger partial charge in [-0.2, -0.15) is 24.5 Å². The molecular weight excluding hydrogens is 261 g/mol. The quantitative estimate of drug-likeness (QED) is 0.731. The van der Waals surface area contributed by atoms with Crippen molar-refractivity contribution in [3.8, 4) is 11.3 Å². The van der Waals surface area contributed by atoms with Crippen LogP contribution in [0.25, 0.3) is 11.3 Å². The highest BCUT2D eigenvalue weighted by atomic mass is 35.5. The van der Waals surface area contributed by atoms with Crippen molar-refractivity contribution in [1.29, 1.82) is 0 Å². The maximum Gasteiger partial charge on any atom is 0.451 e. The van der Waals surface area contributed by atoms with Crippen molar-refractivity contribution in [3.05, 3.63) is 33.9 Å². The van der Waals surface area contributed by atoms with E-state index in [-0.39, 0.29) is 10.8 Å². The van der Waals surface area contributed by atoms with E-state index in [1.807, 2.05) is 0 Å². The predicted octanol–water partition coefficient (Wildman–Crippen LogP) is 3.88. The van der Waals surface area contributed by atoms with Gasteiger partial charge in [0.2, 0.25) is 5.82 Å². The molecule has 2 aromatic rings. The second kappa shape index (κ2) is 4.03. The third kappa shape index (κ3) is 2.33. The van der Waals surface area contributed by atoms with Gasteiger partial charge in [0.05, 0.1) is 5.69 Å². The Bertz CT molecular complexity index is 496. The van der Waals surface area contributed by atoms with Crippen LogP contribution in [0.15, 0.2) is 22.9 Å². The van der Waals surface area contributed by atoms with E-state index in [4.69, 9.17) is 11.6 Å². The molecule has 0 saturated heterocycles. The Morgan fingerprint density at radius 2 is 2.00 bits per heavy atom. The van der Waals surface area contributed by atoms with Crippen LogP contribution in [0, 0.1) is 0 Å². The van der Waals surface area contributed by atoms with Crippen LogP contribution in [0.4, 0.5) is 13.2 Å². The molecule has 0 spiro atoms. The number of hydrogen-bond acceptors (Lipinski definition) is 3. The molecule has 0 aromatic carbocycles. The Labute approximate surface area is 97.7 Å². The Hall–Kier alpha value is -1.14. The van der Waals surface area contributed by atoms with Crippen molar-refractivity contribution in [2.24, 2.45) is 0 Å². The van der Waals surface area contributed by atoms with Crippen molar-refractivity contribution < 1.29 is 13.2 Å². The molecule has 0 amide bonds. The summed E-state index contributed by atoms with van der Waals surface area (Å²) in [5.41, 5.74) is 0.772. The number of thiophene rings is 1. The van der Waals surface area contributed by atoms with E-state index < -0.39 is 12.0 Å². The van der Waals surface area contributed by atoms with Gasteiger partial charge in [-0.15, -0.1) is 0 Å². The highest BCUT2D eigenvalue weighted by molar-refractivity contribution is 7.08. The highest BCUT2D eigenvalue weighted by Crippen LogP contribution is 2.30. The summed E-state index contributed by atoms with van der Waals surface area (Å²) in [4.78, 5) is 6.58. The molecule has 0 aliphatic carbocycles. The van der Waals surface area contributed by atoms with E-state index in [0.29, 0.717) is 5.56 Å². The summed E-state index contributed by atoms with van der Waals surface area (Å²) in [6.45, 7) is 0. The summed E-state index contributed by atoms with van der Waals surface area (Å²) in [6.07, 6.45) is -4.59. The molecular formula is C9H4ClF3N2S. The Morgan fingerprint density at radius 1 is 1.25 bits per heavy atom. The molecule has 0 bridgehead atoms. The van der Waals surface area contributed by atoms with Gasteiger partial charge in [0.1, 0.15) is 5.15 Å². The summed E-state index contributed by atoms with van der Waals surface area (Å²) < 4.78 is 37.2. The van der Waals surface area contributed by atoms with Crippen molar-refractivity contribution in [1.82, 2.24) is 9.97 Å². The average molecular weight is 265 g/mol.